The lowest BCUT2D eigenvalue weighted by Crippen LogP contribution is -2.37. The second kappa shape index (κ2) is 8.19. The summed E-state index contributed by atoms with van der Waals surface area (Å²) in [7, 11) is 2.95. The van der Waals surface area contributed by atoms with Gasteiger partial charge < -0.3 is 10.4 Å². The van der Waals surface area contributed by atoms with E-state index < -0.39 is 17.4 Å². The fraction of sp³-hybridized carbons (Fsp3) is 0.227. The van der Waals surface area contributed by atoms with Gasteiger partial charge in [0.25, 0.3) is 5.56 Å². The molecular formula is C22H22FN5O3. The molecule has 8 nitrogen and oxygen atoms in total. The van der Waals surface area contributed by atoms with Crippen LogP contribution >= 0.6 is 0 Å². The van der Waals surface area contributed by atoms with E-state index in [1.807, 2.05) is 30.3 Å². The number of fused-ring (bicyclic) bond motifs is 1. The molecule has 0 bridgehead atoms. The van der Waals surface area contributed by atoms with Gasteiger partial charge in [0, 0.05) is 20.6 Å². The normalized spacial score (nSPS) is 12.3. The molecule has 0 radical (unpaired) electrons. The maximum absolute atomic E-state index is 13.3. The van der Waals surface area contributed by atoms with Gasteiger partial charge in [0.2, 0.25) is 5.95 Å². The Balaban J connectivity index is 1.78. The number of benzene rings is 2. The number of aliphatic hydroxyl groups is 1. The van der Waals surface area contributed by atoms with Crippen LogP contribution in [-0.2, 0) is 20.6 Å². The Bertz CT molecular complexity index is 1340. The van der Waals surface area contributed by atoms with Gasteiger partial charge in [-0.05, 0) is 23.3 Å². The van der Waals surface area contributed by atoms with Crippen LogP contribution in [0.1, 0.15) is 17.2 Å². The van der Waals surface area contributed by atoms with Crippen LogP contribution in [0.25, 0.3) is 11.2 Å². The number of nitrogens with zero attached hydrogens (tertiary/aromatic N) is 4. The molecule has 31 heavy (non-hydrogen) atoms. The van der Waals surface area contributed by atoms with Gasteiger partial charge in [0.1, 0.15) is 5.82 Å². The van der Waals surface area contributed by atoms with E-state index in [9.17, 15) is 19.1 Å². The third-order valence-corrected chi connectivity index (χ3v) is 5.24. The van der Waals surface area contributed by atoms with Crippen LogP contribution in [-0.4, -0.2) is 30.3 Å². The van der Waals surface area contributed by atoms with Crippen LogP contribution in [0.5, 0.6) is 0 Å². The quantitative estimate of drug-likeness (QED) is 0.493. The Kier molecular flexibility index (Phi) is 5.43. The van der Waals surface area contributed by atoms with Gasteiger partial charge in [0.15, 0.2) is 11.2 Å². The molecule has 0 aliphatic rings. The summed E-state index contributed by atoms with van der Waals surface area (Å²) in [5.74, 6) is -0.0329. The van der Waals surface area contributed by atoms with Gasteiger partial charge in [-0.15, -0.1) is 0 Å². The van der Waals surface area contributed by atoms with Crippen molar-refractivity contribution in [1.29, 1.82) is 0 Å². The molecule has 0 aliphatic carbocycles. The molecule has 2 heterocycles. The third-order valence-electron chi connectivity index (χ3n) is 5.24. The number of aryl methyl sites for hydroxylation is 1. The summed E-state index contributed by atoms with van der Waals surface area (Å²) >= 11 is 0. The Morgan fingerprint density at radius 1 is 1.03 bits per heavy atom. The molecule has 2 N–H and O–H groups in total. The summed E-state index contributed by atoms with van der Waals surface area (Å²) in [6, 6.07) is 15.1. The lowest BCUT2D eigenvalue weighted by atomic mass is 10.1. The second-order valence-corrected chi connectivity index (χ2v) is 7.33. The summed E-state index contributed by atoms with van der Waals surface area (Å²) < 4.78 is 17.3. The minimum absolute atomic E-state index is 0.144. The van der Waals surface area contributed by atoms with E-state index in [2.05, 4.69) is 10.3 Å². The highest BCUT2D eigenvalue weighted by atomic mass is 19.1. The predicted octanol–water partition coefficient (Wildman–Crippen LogP) is 1.77. The summed E-state index contributed by atoms with van der Waals surface area (Å²) in [5.41, 5.74) is 0.990. The number of nitrogens with one attached hydrogen (secondary N) is 1. The van der Waals surface area contributed by atoms with Gasteiger partial charge in [0.05, 0.1) is 12.6 Å². The molecule has 1 atom stereocenters. The third kappa shape index (κ3) is 3.87. The maximum atomic E-state index is 13.3. The van der Waals surface area contributed by atoms with Crippen LogP contribution in [0.3, 0.4) is 0 Å². The van der Waals surface area contributed by atoms with E-state index in [4.69, 9.17) is 0 Å². The molecule has 0 saturated heterocycles. The van der Waals surface area contributed by atoms with Crippen LogP contribution in [0.2, 0.25) is 0 Å². The number of aliphatic hydroxyl groups excluding tert-OH is 1. The first-order chi connectivity index (χ1) is 14.9. The number of halogens is 1. The fourth-order valence-electron chi connectivity index (χ4n) is 3.49. The van der Waals surface area contributed by atoms with Gasteiger partial charge in [-0.1, -0.05) is 42.5 Å². The van der Waals surface area contributed by atoms with E-state index >= 15 is 0 Å². The lowest BCUT2D eigenvalue weighted by Gasteiger charge is -2.14. The molecule has 160 valence electrons. The van der Waals surface area contributed by atoms with Gasteiger partial charge >= 0.3 is 5.69 Å². The largest absolute Gasteiger partial charge is 0.387 e. The number of imidazole rings is 1. The zero-order chi connectivity index (χ0) is 22.1. The molecule has 0 saturated carbocycles. The van der Waals surface area contributed by atoms with Crippen LogP contribution < -0.4 is 16.6 Å². The van der Waals surface area contributed by atoms with Crippen LogP contribution in [0.4, 0.5) is 10.3 Å². The lowest BCUT2D eigenvalue weighted by molar-refractivity contribution is 0.191. The second-order valence-electron chi connectivity index (χ2n) is 7.33. The fourth-order valence-corrected chi connectivity index (χ4v) is 3.49. The number of rotatable bonds is 6. The molecule has 4 rings (SSSR count). The minimum atomic E-state index is -0.799. The zero-order valence-electron chi connectivity index (χ0n) is 17.1. The molecule has 2 aromatic heterocycles. The highest BCUT2D eigenvalue weighted by Gasteiger charge is 2.20. The predicted molar refractivity (Wildman–Crippen MR) is 116 cm³/mol. The first-order valence-corrected chi connectivity index (χ1v) is 9.74. The van der Waals surface area contributed by atoms with Crippen molar-refractivity contribution < 1.29 is 9.50 Å². The summed E-state index contributed by atoms with van der Waals surface area (Å²) in [5, 5.41) is 13.6. The maximum Gasteiger partial charge on any atom is 0.332 e. The number of hydrogen-bond donors (Lipinski definition) is 2. The van der Waals surface area contributed by atoms with E-state index in [0.717, 1.165) is 15.7 Å². The smallest absolute Gasteiger partial charge is 0.332 e. The topological polar surface area (TPSA) is 94.1 Å². The Morgan fingerprint density at radius 3 is 2.39 bits per heavy atom. The Morgan fingerprint density at radius 2 is 1.71 bits per heavy atom. The summed E-state index contributed by atoms with van der Waals surface area (Å²) in [6.07, 6.45) is -0.799. The standard InChI is InChI=1S/C22H22FN5O3/c1-26-19-18(20(30)27(2)22(26)31)28(13-14-8-10-16(23)11-9-14)21(25-19)24-12-17(29)15-6-4-3-5-7-15/h3-11,17,29H,12-13H2,1-2H3,(H,24,25)/t17-/m1/s1. The highest BCUT2D eigenvalue weighted by molar-refractivity contribution is 5.74. The van der Waals surface area contributed by atoms with Crippen molar-refractivity contribution in [3.8, 4) is 0 Å². The number of anilines is 1. The highest BCUT2D eigenvalue weighted by Crippen LogP contribution is 2.20. The average Bonchev–Trinajstić information content (AvgIpc) is 3.15. The van der Waals surface area contributed by atoms with Crippen LogP contribution in [0, 0.1) is 5.82 Å². The van der Waals surface area contributed by atoms with Crippen molar-refractivity contribution in [2.45, 2.75) is 12.6 Å². The van der Waals surface area contributed by atoms with Crippen molar-refractivity contribution in [1.82, 2.24) is 18.7 Å². The van der Waals surface area contributed by atoms with Gasteiger partial charge in [-0.2, -0.15) is 4.98 Å². The zero-order valence-corrected chi connectivity index (χ0v) is 17.1. The minimum Gasteiger partial charge on any atom is -0.387 e. The van der Waals surface area contributed by atoms with Crippen molar-refractivity contribution in [2.24, 2.45) is 14.1 Å². The molecule has 0 fully saturated rings. The first kappa shape index (κ1) is 20.5. The molecular weight excluding hydrogens is 401 g/mol. The SMILES string of the molecule is Cn1c(=O)c2c(nc(NC[C@@H](O)c3ccccc3)n2Cc2ccc(F)cc2)n(C)c1=O. The van der Waals surface area contributed by atoms with Crippen LogP contribution in [0.15, 0.2) is 64.2 Å². The average molecular weight is 423 g/mol. The van der Waals surface area contributed by atoms with Gasteiger partial charge in [-0.3, -0.25) is 18.5 Å². The summed E-state index contributed by atoms with van der Waals surface area (Å²) in [4.78, 5) is 29.7. The Hall–Kier alpha value is -3.72. The molecule has 0 spiro atoms. The number of aromatic nitrogens is 4. The molecule has 2 aromatic carbocycles. The Labute approximate surface area is 176 Å². The first-order valence-electron chi connectivity index (χ1n) is 9.74. The molecule has 0 aliphatic heterocycles. The summed E-state index contributed by atoms with van der Waals surface area (Å²) in [6.45, 7) is 0.374. The monoisotopic (exact) mass is 423 g/mol. The van der Waals surface area contributed by atoms with Crippen molar-refractivity contribution in [2.75, 3.05) is 11.9 Å². The van der Waals surface area contributed by atoms with E-state index in [1.54, 1.807) is 23.7 Å². The van der Waals surface area contributed by atoms with E-state index in [1.165, 1.54) is 23.7 Å². The van der Waals surface area contributed by atoms with Crippen molar-refractivity contribution in [3.63, 3.8) is 0 Å². The molecule has 0 amide bonds. The van der Waals surface area contributed by atoms with E-state index in [-0.39, 0.29) is 30.1 Å². The molecule has 0 unspecified atom stereocenters. The van der Waals surface area contributed by atoms with E-state index in [0.29, 0.717) is 5.95 Å². The molecule has 9 heteroatoms. The number of hydrogen-bond acceptors (Lipinski definition) is 5. The molecule has 4 aromatic rings. The van der Waals surface area contributed by atoms with Crippen molar-refractivity contribution in [3.05, 3.63) is 92.4 Å². The van der Waals surface area contributed by atoms with Gasteiger partial charge in [-0.25, -0.2) is 9.18 Å². The van der Waals surface area contributed by atoms with Crippen molar-refractivity contribution >= 4 is 17.1 Å².